The molecule has 0 saturated carbocycles. The van der Waals surface area contributed by atoms with E-state index in [9.17, 15) is 8.78 Å². The van der Waals surface area contributed by atoms with Crippen molar-refractivity contribution in [1.29, 1.82) is 0 Å². The molecule has 134 valence electrons. The van der Waals surface area contributed by atoms with E-state index < -0.39 is 11.6 Å². The van der Waals surface area contributed by atoms with Gasteiger partial charge < -0.3 is 19.7 Å². The highest BCUT2D eigenvalue weighted by molar-refractivity contribution is 5.80. The van der Waals surface area contributed by atoms with E-state index in [1.807, 2.05) is 6.92 Å². The first-order valence-corrected chi connectivity index (χ1v) is 8.24. The number of guanidine groups is 1. The number of nitrogens with zero attached hydrogens (tertiary/aromatic N) is 2. The largest absolute Gasteiger partial charge is 0.492 e. The molecule has 0 radical (unpaired) electrons. The van der Waals surface area contributed by atoms with Crippen molar-refractivity contribution >= 4 is 5.96 Å². The van der Waals surface area contributed by atoms with Gasteiger partial charge in [-0.25, -0.2) is 13.8 Å². The highest BCUT2D eigenvalue weighted by atomic mass is 19.2. The molecule has 1 N–H and O–H groups in total. The SMILES string of the molecule is CCNC(=NCCOc1ccc(F)c(F)c1)N1CCC(COC)C1. The molecule has 0 aliphatic carbocycles. The summed E-state index contributed by atoms with van der Waals surface area (Å²) in [6.07, 6.45) is 1.09. The van der Waals surface area contributed by atoms with E-state index in [-0.39, 0.29) is 0 Å². The summed E-state index contributed by atoms with van der Waals surface area (Å²) in [6.45, 7) is 6.18. The van der Waals surface area contributed by atoms with Crippen LogP contribution in [-0.4, -0.2) is 57.4 Å². The molecule has 1 aromatic carbocycles. The zero-order valence-electron chi connectivity index (χ0n) is 14.2. The van der Waals surface area contributed by atoms with Crippen molar-refractivity contribution < 1.29 is 18.3 Å². The van der Waals surface area contributed by atoms with E-state index in [1.54, 1.807) is 7.11 Å². The summed E-state index contributed by atoms with van der Waals surface area (Å²) in [5.41, 5.74) is 0. The second kappa shape index (κ2) is 9.42. The summed E-state index contributed by atoms with van der Waals surface area (Å²) in [6, 6.07) is 3.50. The van der Waals surface area contributed by atoms with Gasteiger partial charge in [-0.1, -0.05) is 0 Å². The van der Waals surface area contributed by atoms with Crippen molar-refractivity contribution in [2.75, 3.05) is 46.5 Å². The normalized spacial score (nSPS) is 18.1. The quantitative estimate of drug-likeness (QED) is 0.470. The maximum atomic E-state index is 13.1. The Kier molecular flexibility index (Phi) is 7.24. The van der Waals surface area contributed by atoms with Gasteiger partial charge >= 0.3 is 0 Å². The molecule has 0 spiro atoms. The van der Waals surface area contributed by atoms with Crippen LogP contribution in [0.5, 0.6) is 5.75 Å². The topological polar surface area (TPSA) is 46.1 Å². The molecule has 0 aromatic heterocycles. The molecule has 1 aliphatic heterocycles. The maximum absolute atomic E-state index is 13.1. The number of aliphatic imine (C=N–C) groups is 1. The molecule has 5 nitrogen and oxygen atoms in total. The highest BCUT2D eigenvalue weighted by Gasteiger charge is 2.24. The van der Waals surface area contributed by atoms with Gasteiger partial charge in [0.05, 0.1) is 13.2 Å². The number of halogens is 2. The van der Waals surface area contributed by atoms with Crippen LogP contribution >= 0.6 is 0 Å². The van der Waals surface area contributed by atoms with Crippen LogP contribution in [0.25, 0.3) is 0 Å². The predicted molar refractivity (Wildman–Crippen MR) is 89.4 cm³/mol. The van der Waals surface area contributed by atoms with Gasteiger partial charge in [0.15, 0.2) is 17.6 Å². The third kappa shape index (κ3) is 5.33. The van der Waals surface area contributed by atoms with E-state index in [1.165, 1.54) is 6.07 Å². The lowest BCUT2D eigenvalue weighted by atomic mass is 10.1. The standard InChI is InChI=1S/C17H25F2N3O2/c1-3-20-17(22-8-6-13(11-22)12-23-2)21-7-9-24-14-4-5-15(18)16(19)10-14/h4-5,10,13H,3,6-9,11-12H2,1-2H3,(H,20,21). The lowest BCUT2D eigenvalue weighted by Gasteiger charge is -2.21. The third-order valence-electron chi connectivity index (χ3n) is 3.84. The Morgan fingerprint density at radius 2 is 2.21 bits per heavy atom. The lowest BCUT2D eigenvalue weighted by molar-refractivity contribution is 0.157. The summed E-state index contributed by atoms with van der Waals surface area (Å²) >= 11 is 0. The Bertz CT molecular complexity index is 555. The number of hydrogen-bond acceptors (Lipinski definition) is 3. The summed E-state index contributed by atoms with van der Waals surface area (Å²) in [7, 11) is 1.72. The summed E-state index contributed by atoms with van der Waals surface area (Å²) in [5, 5.41) is 3.27. The lowest BCUT2D eigenvalue weighted by Crippen LogP contribution is -2.40. The molecule has 1 atom stereocenters. The molecule has 2 rings (SSSR count). The van der Waals surface area contributed by atoms with Crippen LogP contribution in [0.3, 0.4) is 0 Å². The van der Waals surface area contributed by atoms with Gasteiger partial charge in [0.2, 0.25) is 0 Å². The van der Waals surface area contributed by atoms with Gasteiger partial charge in [0.1, 0.15) is 12.4 Å². The van der Waals surface area contributed by atoms with Crippen molar-refractivity contribution in [3.05, 3.63) is 29.8 Å². The molecular weight excluding hydrogens is 316 g/mol. The van der Waals surface area contributed by atoms with Crippen molar-refractivity contribution in [3.63, 3.8) is 0 Å². The molecule has 24 heavy (non-hydrogen) atoms. The van der Waals surface area contributed by atoms with Gasteiger partial charge in [-0.15, -0.1) is 0 Å². The summed E-state index contributed by atoms with van der Waals surface area (Å²) in [5.74, 6) is -0.113. The van der Waals surface area contributed by atoms with E-state index in [4.69, 9.17) is 9.47 Å². The third-order valence-corrected chi connectivity index (χ3v) is 3.84. The number of rotatable bonds is 7. The van der Waals surface area contributed by atoms with Gasteiger partial charge in [0.25, 0.3) is 0 Å². The average molecular weight is 341 g/mol. The number of ether oxygens (including phenoxy) is 2. The minimum absolute atomic E-state index is 0.301. The molecular formula is C17H25F2N3O2. The number of benzene rings is 1. The van der Waals surface area contributed by atoms with E-state index in [0.717, 1.165) is 50.8 Å². The monoisotopic (exact) mass is 341 g/mol. The van der Waals surface area contributed by atoms with Crippen molar-refractivity contribution in [2.45, 2.75) is 13.3 Å². The Labute approximate surface area is 141 Å². The fourth-order valence-corrected chi connectivity index (χ4v) is 2.70. The summed E-state index contributed by atoms with van der Waals surface area (Å²) < 4.78 is 36.6. The second-order valence-electron chi connectivity index (χ2n) is 5.72. The summed E-state index contributed by atoms with van der Waals surface area (Å²) in [4.78, 5) is 6.76. The molecule has 1 aliphatic rings. The fraction of sp³-hybridized carbons (Fsp3) is 0.588. The van der Waals surface area contributed by atoms with Gasteiger partial charge in [-0.05, 0) is 25.5 Å². The van der Waals surface area contributed by atoms with E-state index in [0.29, 0.717) is 24.8 Å². The van der Waals surface area contributed by atoms with Gasteiger partial charge in [-0.2, -0.15) is 0 Å². The van der Waals surface area contributed by atoms with Crippen molar-refractivity contribution in [1.82, 2.24) is 10.2 Å². The Hall–Kier alpha value is -1.89. The minimum Gasteiger partial charge on any atom is -0.492 e. The first kappa shape index (κ1) is 18.4. The Balaban J connectivity index is 1.83. The van der Waals surface area contributed by atoms with Gasteiger partial charge in [-0.3, -0.25) is 0 Å². The number of hydrogen-bond donors (Lipinski definition) is 1. The molecule has 7 heteroatoms. The smallest absolute Gasteiger partial charge is 0.194 e. The minimum atomic E-state index is -0.911. The Morgan fingerprint density at radius 1 is 1.38 bits per heavy atom. The fourth-order valence-electron chi connectivity index (χ4n) is 2.70. The second-order valence-corrected chi connectivity index (χ2v) is 5.72. The molecule has 0 amide bonds. The molecule has 1 saturated heterocycles. The van der Waals surface area contributed by atoms with Crippen molar-refractivity contribution in [2.24, 2.45) is 10.9 Å². The van der Waals surface area contributed by atoms with Crippen LogP contribution in [0.4, 0.5) is 8.78 Å². The van der Waals surface area contributed by atoms with Crippen molar-refractivity contribution in [3.8, 4) is 5.75 Å². The van der Waals surface area contributed by atoms with Crippen LogP contribution < -0.4 is 10.1 Å². The zero-order chi connectivity index (χ0) is 17.4. The first-order chi connectivity index (χ1) is 11.6. The zero-order valence-corrected chi connectivity index (χ0v) is 14.2. The van der Waals surface area contributed by atoms with Crippen LogP contribution in [0.2, 0.25) is 0 Å². The van der Waals surface area contributed by atoms with Crippen LogP contribution in [0, 0.1) is 17.6 Å². The van der Waals surface area contributed by atoms with E-state index >= 15 is 0 Å². The molecule has 1 aromatic rings. The highest BCUT2D eigenvalue weighted by Crippen LogP contribution is 2.17. The van der Waals surface area contributed by atoms with Gasteiger partial charge in [0, 0.05) is 38.7 Å². The first-order valence-electron chi connectivity index (χ1n) is 8.24. The number of methoxy groups -OCH3 is 1. The maximum Gasteiger partial charge on any atom is 0.194 e. The number of nitrogens with one attached hydrogen (secondary N) is 1. The molecule has 1 unspecified atom stereocenters. The predicted octanol–water partition coefficient (Wildman–Crippen LogP) is 2.28. The van der Waals surface area contributed by atoms with E-state index in [2.05, 4.69) is 15.2 Å². The molecule has 0 bridgehead atoms. The van der Waals surface area contributed by atoms with Crippen LogP contribution in [0.1, 0.15) is 13.3 Å². The molecule has 1 fully saturated rings. The number of likely N-dealkylation sites (tertiary alicyclic amines) is 1. The van der Waals surface area contributed by atoms with Crippen LogP contribution in [0.15, 0.2) is 23.2 Å². The van der Waals surface area contributed by atoms with Crippen LogP contribution in [-0.2, 0) is 4.74 Å². The Morgan fingerprint density at radius 3 is 2.92 bits per heavy atom. The average Bonchev–Trinajstić information content (AvgIpc) is 3.02. The molecule has 1 heterocycles.